The van der Waals surface area contributed by atoms with Crippen molar-refractivity contribution in [3.63, 3.8) is 0 Å². The first-order valence-corrected chi connectivity index (χ1v) is 8.70. The van der Waals surface area contributed by atoms with E-state index >= 15 is 0 Å². The molecule has 0 aliphatic carbocycles. The van der Waals surface area contributed by atoms with E-state index in [9.17, 15) is 14.0 Å². The molecule has 0 unspecified atom stereocenters. The molecule has 144 valence electrons. The molecule has 5 nitrogen and oxygen atoms in total. The predicted octanol–water partition coefficient (Wildman–Crippen LogP) is 2.96. The smallest absolute Gasteiger partial charge is 0.256 e. The molecular formula is C19H20Cl2FN3O2. The molecule has 2 amide bonds. The first-order valence-electron chi connectivity index (χ1n) is 8.32. The number of rotatable bonds is 3. The average molecular weight is 412 g/mol. The van der Waals surface area contributed by atoms with Crippen LogP contribution in [0.2, 0.25) is 5.02 Å². The monoisotopic (exact) mass is 411 g/mol. The van der Waals surface area contributed by atoms with E-state index in [2.05, 4.69) is 0 Å². The summed E-state index contributed by atoms with van der Waals surface area (Å²) in [6.07, 6.45) is 0. The number of carbonyl (C=O) groups excluding carboxylic acids is 2. The minimum atomic E-state index is -0.638. The Morgan fingerprint density at radius 2 is 1.52 bits per heavy atom. The molecule has 1 heterocycles. The summed E-state index contributed by atoms with van der Waals surface area (Å²) in [5.74, 6) is -1.11. The maximum absolute atomic E-state index is 13.9. The molecule has 1 aliphatic rings. The van der Waals surface area contributed by atoms with Gasteiger partial charge in [0.2, 0.25) is 0 Å². The third-order valence-corrected chi connectivity index (χ3v) is 4.69. The number of halogens is 3. The summed E-state index contributed by atoms with van der Waals surface area (Å²) >= 11 is 5.72. The van der Waals surface area contributed by atoms with E-state index in [4.69, 9.17) is 17.3 Å². The van der Waals surface area contributed by atoms with Crippen LogP contribution in [0, 0.1) is 5.82 Å². The van der Waals surface area contributed by atoms with Crippen LogP contribution in [0.15, 0.2) is 42.5 Å². The standard InChI is InChI=1S/C19H19ClFN3O2.ClH/c20-15-5-6-16(17(21)11-15)19(26)24-9-7-23(8-10-24)18(25)14-3-1-13(12-22)2-4-14;/h1-6,11H,7-10,12,22H2;1H. The first kappa shape index (κ1) is 21.2. The molecule has 1 aliphatic heterocycles. The molecule has 0 atom stereocenters. The minimum absolute atomic E-state index is 0. The van der Waals surface area contributed by atoms with Crippen molar-refractivity contribution in [2.75, 3.05) is 26.2 Å². The van der Waals surface area contributed by atoms with Crippen LogP contribution in [0.1, 0.15) is 26.3 Å². The maximum Gasteiger partial charge on any atom is 0.256 e. The number of hydrogen-bond donors (Lipinski definition) is 1. The fourth-order valence-corrected chi connectivity index (χ4v) is 3.07. The second-order valence-corrected chi connectivity index (χ2v) is 6.55. The summed E-state index contributed by atoms with van der Waals surface area (Å²) in [4.78, 5) is 28.3. The van der Waals surface area contributed by atoms with E-state index < -0.39 is 11.7 Å². The molecule has 0 aromatic heterocycles. The molecular weight excluding hydrogens is 392 g/mol. The lowest BCUT2D eigenvalue weighted by atomic mass is 10.1. The highest BCUT2D eigenvalue weighted by molar-refractivity contribution is 6.30. The van der Waals surface area contributed by atoms with Crippen molar-refractivity contribution in [3.8, 4) is 0 Å². The summed E-state index contributed by atoms with van der Waals surface area (Å²) in [5, 5.41) is 0.245. The van der Waals surface area contributed by atoms with Crippen LogP contribution < -0.4 is 5.73 Å². The van der Waals surface area contributed by atoms with Gasteiger partial charge in [-0.05, 0) is 35.9 Å². The number of carbonyl (C=O) groups is 2. The zero-order valence-corrected chi connectivity index (χ0v) is 16.1. The summed E-state index contributed by atoms with van der Waals surface area (Å²) < 4.78 is 13.9. The summed E-state index contributed by atoms with van der Waals surface area (Å²) in [5.41, 5.74) is 7.10. The molecule has 3 rings (SSSR count). The van der Waals surface area contributed by atoms with Crippen molar-refractivity contribution in [2.45, 2.75) is 6.54 Å². The predicted molar refractivity (Wildman–Crippen MR) is 105 cm³/mol. The molecule has 2 aromatic rings. The fourth-order valence-electron chi connectivity index (χ4n) is 2.91. The highest BCUT2D eigenvalue weighted by Crippen LogP contribution is 2.18. The van der Waals surface area contributed by atoms with Gasteiger partial charge in [-0.2, -0.15) is 0 Å². The second kappa shape index (κ2) is 9.17. The van der Waals surface area contributed by atoms with Crippen LogP contribution in [-0.2, 0) is 6.54 Å². The van der Waals surface area contributed by atoms with Gasteiger partial charge in [-0.1, -0.05) is 23.7 Å². The Morgan fingerprint density at radius 3 is 2.04 bits per heavy atom. The largest absolute Gasteiger partial charge is 0.335 e. The number of benzene rings is 2. The number of piperazine rings is 1. The van der Waals surface area contributed by atoms with Gasteiger partial charge in [-0.3, -0.25) is 9.59 Å². The van der Waals surface area contributed by atoms with E-state index in [1.165, 1.54) is 12.1 Å². The van der Waals surface area contributed by atoms with Crippen LogP contribution in [0.4, 0.5) is 4.39 Å². The van der Waals surface area contributed by atoms with Gasteiger partial charge in [-0.15, -0.1) is 12.4 Å². The molecule has 8 heteroatoms. The topological polar surface area (TPSA) is 66.6 Å². The van der Waals surface area contributed by atoms with Gasteiger partial charge in [0.1, 0.15) is 5.82 Å². The maximum atomic E-state index is 13.9. The van der Waals surface area contributed by atoms with Crippen LogP contribution in [0.5, 0.6) is 0 Å². The fraction of sp³-hybridized carbons (Fsp3) is 0.263. The molecule has 2 N–H and O–H groups in total. The normalized spacial score (nSPS) is 13.9. The Bertz CT molecular complexity index is 822. The van der Waals surface area contributed by atoms with E-state index in [1.54, 1.807) is 21.9 Å². The summed E-state index contributed by atoms with van der Waals surface area (Å²) in [6.45, 7) is 1.94. The van der Waals surface area contributed by atoms with Crippen LogP contribution in [-0.4, -0.2) is 47.8 Å². The highest BCUT2D eigenvalue weighted by Gasteiger charge is 2.26. The number of amides is 2. The number of hydrogen-bond acceptors (Lipinski definition) is 3. The van der Waals surface area contributed by atoms with Crippen molar-refractivity contribution in [3.05, 3.63) is 70.0 Å². The van der Waals surface area contributed by atoms with Crippen molar-refractivity contribution >= 4 is 35.8 Å². The number of nitrogens with zero attached hydrogens (tertiary/aromatic N) is 2. The van der Waals surface area contributed by atoms with Crippen LogP contribution >= 0.6 is 24.0 Å². The van der Waals surface area contributed by atoms with Gasteiger partial charge in [0, 0.05) is 43.3 Å². The lowest BCUT2D eigenvalue weighted by Crippen LogP contribution is -2.50. The highest BCUT2D eigenvalue weighted by atomic mass is 35.5. The van der Waals surface area contributed by atoms with E-state index in [0.29, 0.717) is 38.3 Å². The van der Waals surface area contributed by atoms with Crippen LogP contribution in [0.25, 0.3) is 0 Å². The Kier molecular flexibility index (Phi) is 7.18. The van der Waals surface area contributed by atoms with Gasteiger partial charge in [0.15, 0.2) is 0 Å². The minimum Gasteiger partial charge on any atom is -0.335 e. The second-order valence-electron chi connectivity index (χ2n) is 6.11. The molecule has 0 spiro atoms. The van der Waals surface area contributed by atoms with Crippen molar-refractivity contribution in [2.24, 2.45) is 5.73 Å². The Morgan fingerprint density at radius 1 is 0.963 bits per heavy atom. The molecule has 0 saturated carbocycles. The number of nitrogens with two attached hydrogens (primary N) is 1. The Hall–Kier alpha value is -2.15. The van der Waals surface area contributed by atoms with E-state index in [-0.39, 0.29) is 28.9 Å². The van der Waals surface area contributed by atoms with Gasteiger partial charge >= 0.3 is 0 Å². The Labute approximate surface area is 168 Å². The SMILES string of the molecule is Cl.NCc1ccc(C(=O)N2CCN(C(=O)c3ccc(Cl)cc3F)CC2)cc1. The van der Waals surface area contributed by atoms with Gasteiger partial charge in [0.05, 0.1) is 5.56 Å². The third kappa shape index (κ3) is 4.77. The summed E-state index contributed by atoms with van der Waals surface area (Å²) in [7, 11) is 0. The quantitative estimate of drug-likeness (QED) is 0.843. The molecule has 0 radical (unpaired) electrons. The molecule has 2 aromatic carbocycles. The van der Waals surface area contributed by atoms with E-state index in [0.717, 1.165) is 11.6 Å². The molecule has 27 heavy (non-hydrogen) atoms. The lowest BCUT2D eigenvalue weighted by molar-refractivity contribution is 0.0533. The zero-order valence-electron chi connectivity index (χ0n) is 14.5. The van der Waals surface area contributed by atoms with E-state index in [1.807, 2.05) is 12.1 Å². The van der Waals surface area contributed by atoms with Crippen LogP contribution in [0.3, 0.4) is 0 Å². The van der Waals surface area contributed by atoms with Crippen molar-refractivity contribution < 1.29 is 14.0 Å². The molecule has 1 saturated heterocycles. The zero-order chi connectivity index (χ0) is 18.7. The Balaban J connectivity index is 0.00000261. The van der Waals surface area contributed by atoms with Gasteiger partial charge < -0.3 is 15.5 Å². The lowest BCUT2D eigenvalue weighted by Gasteiger charge is -2.35. The summed E-state index contributed by atoms with van der Waals surface area (Å²) in [6, 6.07) is 11.2. The molecule has 1 fully saturated rings. The van der Waals surface area contributed by atoms with Gasteiger partial charge in [0.25, 0.3) is 11.8 Å². The average Bonchev–Trinajstić information content (AvgIpc) is 2.67. The first-order chi connectivity index (χ1) is 12.5. The van der Waals surface area contributed by atoms with Gasteiger partial charge in [-0.25, -0.2) is 4.39 Å². The third-order valence-electron chi connectivity index (χ3n) is 4.45. The molecule has 0 bridgehead atoms. The van der Waals surface area contributed by atoms with Crippen molar-refractivity contribution in [1.82, 2.24) is 9.80 Å². The van der Waals surface area contributed by atoms with Crippen molar-refractivity contribution in [1.29, 1.82) is 0 Å².